The van der Waals surface area contributed by atoms with E-state index in [0.717, 1.165) is 28.6 Å². The van der Waals surface area contributed by atoms with Gasteiger partial charge in [0.1, 0.15) is 12.4 Å². The average molecular weight is 410 g/mol. The molecular weight excluding hydrogens is 390 g/mol. The van der Waals surface area contributed by atoms with Gasteiger partial charge in [0.15, 0.2) is 0 Å². The molecule has 1 fully saturated rings. The Labute approximate surface area is 173 Å². The number of amides is 1. The SMILES string of the molecule is O=C1N(CCOc2cccc3ccccc23)c2ccc(Cl)cc2C12OCCCO2. The van der Waals surface area contributed by atoms with E-state index in [-0.39, 0.29) is 5.91 Å². The minimum absolute atomic E-state index is 0.226. The standard InChI is InChI=1S/C23H20ClNO4/c24-17-9-10-20-19(15-17)23(28-12-4-13-29-23)22(26)25(20)11-14-27-21-8-3-6-16-5-1-2-7-18(16)21/h1-3,5-10,15H,4,11-14H2. The van der Waals surface area contributed by atoms with Gasteiger partial charge in [-0.2, -0.15) is 0 Å². The summed E-state index contributed by atoms with van der Waals surface area (Å²) in [6.45, 7) is 1.67. The molecule has 5 rings (SSSR count). The van der Waals surface area contributed by atoms with Crippen LogP contribution in [0.3, 0.4) is 0 Å². The fourth-order valence-electron chi connectivity index (χ4n) is 4.01. The van der Waals surface area contributed by atoms with E-state index >= 15 is 0 Å². The first-order chi connectivity index (χ1) is 14.2. The molecule has 0 bridgehead atoms. The van der Waals surface area contributed by atoms with Gasteiger partial charge in [0.25, 0.3) is 11.7 Å². The molecule has 3 aromatic carbocycles. The Balaban J connectivity index is 1.39. The summed E-state index contributed by atoms with van der Waals surface area (Å²) in [4.78, 5) is 15.0. The first-order valence-corrected chi connectivity index (χ1v) is 10.1. The summed E-state index contributed by atoms with van der Waals surface area (Å²) in [5.41, 5.74) is 1.42. The van der Waals surface area contributed by atoms with E-state index in [1.54, 1.807) is 17.0 Å². The molecule has 2 aliphatic rings. The summed E-state index contributed by atoms with van der Waals surface area (Å²) in [6, 6.07) is 19.4. The van der Waals surface area contributed by atoms with Crippen LogP contribution in [-0.2, 0) is 20.1 Å². The van der Waals surface area contributed by atoms with Crippen molar-refractivity contribution in [2.24, 2.45) is 0 Å². The molecule has 1 spiro atoms. The zero-order valence-electron chi connectivity index (χ0n) is 15.8. The van der Waals surface area contributed by atoms with Crippen LogP contribution in [0.1, 0.15) is 12.0 Å². The van der Waals surface area contributed by atoms with E-state index in [2.05, 4.69) is 0 Å². The molecule has 0 atom stereocenters. The maximum Gasteiger partial charge on any atom is 0.292 e. The van der Waals surface area contributed by atoms with Crippen LogP contribution in [0.2, 0.25) is 5.02 Å². The molecule has 0 radical (unpaired) electrons. The van der Waals surface area contributed by atoms with Crippen molar-refractivity contribution < 1.29 is 19.0 Å². The second-order valence-corrected chi connectivity index (χ2v) is 7.55. The number of ether oxygens (including phenoxy) is 3. The summed E-state index contributed by atoms with van der Waals surface area (Å²) in [6.07, 6.45) is 0.759. The smallest absolute Gasteiger partial charge is 0.292 e. The van der Waals surface area contributed by atoms with Crippen molar-refractivity contribution in [1.82, 2.24) is 0 Å². The lowest BCUT2D eigenvalue weighted by Gasteiger charge is -2.32. The fraction of sp³-hybridized carbons (Fsp3) is 0.261. The lowest BCUT2D eigenvalue weighted by Crippen LogP contribution is -2.48. The molecule has 5 nitrogen and oxygen atoms in total. The van der Waals surface area contributed by atoms with Gasteiger partial charge in [0.05, 0.1) is 25.4 Å². The van der Waals surface area contributed by atoms with Crippen molar-refractivity contribution in [1.29, 1.82) is 0 Å². The number of hydrogen-bond donors (Lipinski definition) is 0. The molecule has 6 heteroatoms. The fourth-order valence-corrected chi connectivity index (χ4v) is 4.18. The number of anilines is 1. The van der Waals surface area contributed by atoms with Gasteiger partial charge in [0.2, 0.25) is 0 Å². The molecule has 2 heterocycles. The molecule has 0 unspecified atom stereocenters. The summed E-state index contributed by atoms with van der Waals surface area (Å²) in [5, 5.41) is 2.71. The van der Waals surface area contributed by atoms with Crippen molar-refractivity contribution in [2.45, 2.75) is 12.2 Å². The second kappa shape index (κ2) is 7.34. The molecule has 1 saturated heterocycles. The van der Waals surface area contributed by atoms with Crippen LogP contribution in [0.15, 0.2) is 60.7 Å². The van der Waals surface area contributed by atoms with E-state index in [0.29, 0.717) is 37.0 Å². The Kier molecular flexibility index (Phi) is 4.66. The van der Waals surface area contributed by atoms with Crippen LogP contribution in [0.4, 0.5) is 5.69 Å². The van der Waals surface area contributed by atoms with Gasteiger partial charge in [-0.3, -0.25) is 4.79 Å². The molecule has 0 N–H and O–H groups in total. The largest absolute Gasteiger partial charge is 0.491 e. The predicted octanol–water partition coefficient (Wildman–Crippen LogP) is 4.51. The van der Waals surface area contributed by atoms with Crippen LogP contribution in [0.25, 0.3) is 10.8 Å². The average Bonchev–Trinajstić information content (AvgIpc) is 2.97. The van der Waals surface area contributed by atoms with E-state index < -0.39 is 5.79 Å². The molecule has 148 valence electrons. The van der Waals surface area contributed by atoms with Crippen LogP contribution in [0.5, 0.6) is 5.75 Å². The monoisotopic (exact) mass is 409 g/mol. The van der Waals surface area contributed by atoms with E-state index in [4.69, 9.17) is 25.8 Å². The Bertz CT molecular complexity index is 1070. The van der Waals surface area contributed by atoms with Gasteiger partial charge in [-0.1, -0.05) is 48.0 Å². The first-order valence-electron chi connectivity index (χ1n) is 9.69. The van der Waals surface area contributed by atoms with Crippen LogP contribution in [0, 0.1) is 0 Å². The number of carbonyl (C=O) groups excluding carboxylic acids is 1. The third kappa shape index (κ3) is 3.06. The highest BCUT2D eigenvalue weighted by Gasteiger charge is 2.54. The number of fused-ring (bicyclic) bond motifs is 3. The summed E-state index contributed by atoms with van der Waals surface area (Å²) in [5.74, 6) is -0.820. The van der Waals surface area contributed by atoms with Crippen molar-refractivity contribution in [2.75, 3.05) is 31.3 Å². The molecule has 2 aliphatic heterocycles. The Morgan fingerprint density at radius 1 is 1.03 bits per heavy atom. The molecular formula is C23H20ClNO4. The van der Waals surface area contributed by atoms with E-state index in [9.17, 15) is 4.79 Å². The number of halogens is 1. The van der Waals surface area contributed by atoms with Crippen molar-refractivity contribution in [3.63, 3.8) is 0 Å². The van der Waals surface area contributed by atoms with Gasteiger partial charge in [-0.25, -0.2) is 0 Å². The number of hydrogen-bond acceptors (Lipinski definition) is 4. The van der Waals surface area contributed by atoms with Gasteiger partial charge in [0, 0.05) is 16.0 Å². The van der Waals surface area contributed by atoms with E-state index in [1.807, 2.05) is 48.5 Å². The Morgan fingerprint density at radius 3 is 2.69 bits per heavy atom. The number of nitrogens with zero attached hydrogens (tertiary/aromatic N) is 1. The topological polar surface area (TPSA) is 48.0 Å². The van der Waals surface area contributed by atoms with Crippen molar-refractivity contribution in [3.8, 4) is 5.75 Å². The molecule has 0 saturated carbocycles. The number of carbonyl (C=O) groups is 1. The number of benzene rings is 3. The Morgan fingerprint density at radius 2 is 1.83 bits per heavy atom. The zero-order chi connectivity index (χ0) is 19.8. The van der Waals surface area contributed by atoms with Crippen molar-refractivity contribution in [3.05, 3.63) is 71.2 Å². The van der Waals surface area contributed by atoms with E-state index in [1.165, 1.54) is 0 Å². The van der Waals surface area contributed by atoms with Crippen LogP contribution < -0.4 is 9.64 Å². The zero-order valence-corrected chi connectivity index (χ0v) is 16.5. The second-order valence-electron chi connectivity index (χ2n) is 7.11. The Hall–Kier alpha value is -2.60. The van der Waals surface area contributed by atoms with Gasteiger partial charge in [-0.05, 0) is 36.1 Å². The lowest BCUT2D eigenvalue weighted by molar-refractivity contribution is -0.256. The van der Waals surface area contributed by atoms with Crippen molar-refractivity contribution >= 4 is 34.0 Å². The maximum atomic E-state index is 13.3. The minimum atomic E-state index is -1.39. The predicted molar refractivity (Wildman–Crippen MR) is 111 cm³/mol. The summed E-state index contributed by atoms with van der Waals surface area (Å²) >= 11 is 6.20. The highest BCUT2D eigenvalue weighted by Crippen LogP contribution is 2.46. The first kappa shape index (κ1) is 18.4. The molecule has 3 aromatic rings. The number of rotatable bonds is 4. The third-order valence-electron chi connectivity index (χ3n) is 5.35. The third-order valence-corrected chi connectivity index (χ3v) is 5.59. The summed E-state index contributed by atoms with van der Waals surface area (Å²) < 4.78 is 17.8. The minimum Gasteiger partial charge on any atom is -0.491 e. The molecule has 29 heavy (non-hydrogen) atoms. The lowest BCUT2D eigenvalue weighted by atomic mass is 10.1. The highest BCUT2D eigenvalue weighted by atomic mass is 35.5. The van der Waals surface area contributed by atoms with Gasteiger partial charge in [-0.15, -0.1) is 0 Å². The molecule has 0 aromatic heterocycles. The quantitative estimate of drug-likeness (QED) is 0.636. The molecule has 1 amide bonds. The molecule has 0 aliphatic carbocycles. The highest BCUT2D eigenvalue weighted by molar-refractivity contribution is 6.31. The van der Waals surface area contributed by atoms with Crippen LogP contribution >= 0.6 is 11.6 Å². The van der Waals surface area contributed by atoms with Crippen LogP contribution in [-0.4, -0.2) is 32.3 Å². The van der Waals surface area contributed by atoms with Gasteiger partial charge >= 0.3 is 0 Å². The van der Waals surface area contributed by atoms with Gasteiger partial charge < -0.3 is 19.1 Å². The normalized spacial score (nSPS) is 17.7. The summed E-state index contributed by atoms with van der Waals surface area (Å²) in [7, 11) is 0. The maximum absolute atomic E-state index is 13.3.